The summed E-state index contributed by atoms with van der Waals surface area (Å²) in [6.45, 7) is 104. The fourth-order valence-electron chi connectivity index (χ4n) is 9.03. The van der Waals surface area contributed by atoms with Gasteiger partial charge in [-0.3, -0.25) is 0 Å². The van der Waals surface area contributed by atoms with E-state index in [0.29, 0.717) is 0 Å². The molecule has 0 fully saturated rings. The molecule has 0 heterocycles. The Morgan fingerprint density at radius 2 is 0.271 bits per heavy atom. The Morgan fingerprint density at radius 3 is 0.376 bits per heavy atom. The molecule has 0 radical (unpaired) electrons. The van der Waals surface area contributed by atoms with Crippen LogP contribution in [0.15, 0.2) is 60.7 Å². The lowest BCUT2D eigenvalue weighted by Crippen LogP contribution is -2.59. The highest BCUT2D eigenvalue weighted by atomic mass is 28.5. The molecule has 0 spiro atoms. The smallest absolute Gasteiger partial charge is 0.311 e. The van der Waals surface area contributed by atoms with Gasteiger partial charge in [-0.2, -0.15) is 0 Å². The molecule has 0 aliphatic heterocycles. The van der Waals surface area contributed by atoms with Gasteiger partial charge in [0.1, 0.15) is 0 Å². The van der Waals surface area contributed by atoms with Crippen LogP contribution in [-0.2, 0) is 41.2 Å². The first-order valence-corrected chi connectivity index (χ1v) is 79.6. The van der Waals surface area contributed by atoms with Gasteiger partial charge in [0.2, 0.25) is 16.6 Å². The van der Waals surface area contributed by atoms with Gasteiger partial charge in [-0.25, -0.2) is 0 Å². The summed E-state index contributed by atoms with van der Waals surface area (Å²) in [5, 5.41) is 2.65. The minimum Gasteiger partial charge on any atom is -0.437 e. The number of benzene rings is 2. The fourth-order valence-corrected chi connectivity index (χ4v) is 71.7. The zero-order chi connectivity index (χ0) is 70.8. The van der Waals surface area contributed by atoms with Gasteiger partial charge in [0.25, 0.3) is 0 Å². The molecule has 0 saturated carbocycles. The quantitative estimate of drug-likeness (QED) is 0.106. The predicted molar refractivity (Wildman–Crippen MR) is 429 cm³/mol. The maximum atomic E-state index is 6.66. The predicted octanol–water partition coefficient (Wildman–Crippen LogP) is 22.6. The highest BCUT2D eigenvalue weighted by Gasteiger charge is 2.42. The Morgan fingerprint density at radius 1 is 0.165 bits per heavy atom. The summed E-state index contributed by atoms with van der Waals surface area (Å²) in [4.78, 5) is 0. The van der Waals surface area contributed by atoms with Crippen LogP contribution in [0.25, 0.3) is 0 Å². The average Bonchev–Trinajstić information content (AvgIpc) is 3.21. The maximum absolute atomic E-state index is 6.66. The highest BCUT2D eigenvalue weighted by molar-refractivity contribution is 6.96. The molecule has 0 amide bonds. The van der Waals surface area contributed by atoms with Crippen molar-refractivity contribution in [1.82, 2.24) is 0 Å². The molecule has 2 rings (SSSR count). The Hall–Kier alpha value is 1.29. The van der Waals surface area contributed by atoms with Crippen LogP contribution in [0.3, 0.4) is 0 Å². The minimum absolute atomic E-state index is 1.32. The standard InChI is InChI=1S/C18H28O2Si3.4C8H24O2Si3.5C2H6/c1-21(2,17-13-9-7-10-14-17)19-23(5,6)20-22(3,4)18-15-11-8-12-16-18;4*1-11(2,3)9-13(7,8)10-12(4,5)6;5*1-2/h7-16H,1-6H3;4*1-8H3;5*1-2H3. The van der Waals surface area contributed by atoms with Gasteiger partial charge in [0.15, 0.2) is 66.5 Å². The van der Waals surface area contributed by atoms with Gasteiger partial charge in [-0.15, -0.1) is 0 Å². The van der Waals surface area contributed by atoms with Crippen molar-refractivity contribution in [3.05, 3.63) is 60.7 Å². The van der Waals surface area contributed by atoms with E-state index in [2.05, 4.69) is 309 Å². The summed E-state index contributed by atoms with van der Waals surface area (Å²) >= 11 is 0. The first kappa shape index (κ1) is 102. The molecule has 514 valence electrons. The largest absolute Gasteiger partial charge is 0.437 e. The van der Waals surface area contributed by atoms with Crippen LogP contribution in [-0.4, -0.2) is 126 Å². The van der Waals surface area contributed by atoms with E-state index in [4.69, 9.17) is 41.2 Å². The first-order valence-electron chi connectivity index (χ1n) is 32.4. The van der Waals surface area contributed by atoms with Crippen molar-refractivity contribution in [3.63, 3.8) is 0 Å². The molecule has 0 atom stereocenters. The molecule has 2 aromatic carbocycles. The van der Waals surface area contributed by atoms with Crippen LogP contribution < -0.4 is 10.4 Å². The van der Waals surface area contributed by atoms with Crippen LogP contribution in [0, 0.1) is 0 Å². The summed E-state index contributed by atoms with van der Waals surface area (Å²) in [6, 6.07) is 21.2. The van der Waals surface area contributed by atoms with Gasteiger partial charge in [0.05, 0.1) is 0 Å². The Kier molecular flexibility index (Phi) is 53.1. The van der Waals surface area contributed by atoms with E-state index in [-0.39, 0.29) is 0 Å². The average molecular weight is 1460 g/mol. The van der Waals surface area contributed by atoms with Gasteiger partial charge in [0, 0.05) is 0 Å². The molecule has 0 unspecified atom stereocenters. The van der Waals surface area contributed by atoms with Crippen LogP contribution in [0.1, 0.15) is 69.2 Å². The summed E-state index contributed by atoms with van der Waals surface area (Å²) in [6.07, 6.45) is 0. The summed E-state index contributed by atoms with van der Waals surface area (Å²) < 4.78 is 62.0. The van der Waals surface area contributed by atoms with Gasteiger partial charge in [-0.05, 0) is 259 Å². The Bertz CT molecular complexity index is 1600. The normalized spacial score (nSPS) is 12.9. The van der Waals surface area contributed by atoms with E-state index in [1.54, 1.807) is 0 Å². The lowest BCUT2D eigenvalue weighted by atomic mass is 10.4. The monoisotopic (exact) mass is 1450 g/mol. The molecular formula is C60H154O10Si15. The minimum atomic E-state index is -2.22. The van der Waals surface area contributed by atoms with Crippen LogP contribution in [0.2, 0.25) is 249 Å². The van der Waals surface area contributed by atoms with Crippen molar-refractivity contribution < 1.29 is 41.2 Å². The third-order valence-corrected chi connectivity index (χ3v) is 55.1. The topological polar surface area (TPSA) is 92.3 Å². The molecule has 0 aliphatic carbocycles. The Labute approximate surface area is 551 Å². The van der Waals surface area contributed by atoms with Crippen molar-refractivity contribution in [1.29, 1.82) is 0 Å². The van der Waals surface area contributed by atoms with E-state index in [0.717, 1.165) is 0 Å². The van der Waals surface area contributed by atoms with E-state index >= 15 is 0 Å². The van der Waals surface area contributed by atoms with Crippen molar-refractivity contribution in [2.24, 2.45) is 0 Å². The van der Waals surface area contributed by atoms with Gasteiger partial charge < -0.3 is 41.2 Å². The molecule has 0 aliphatic rings. The van der Waals surface area contributed by atoms with E-state index in [1.807, 2.05) is 69.2 Å². The van der Waals surface area contributed by atoms with E-state index in [1.165, 1.54) is 10.4 Å². The molecule has 85 heavy (non-hydrogen) atoms. The second-order valence-electron chi connectivity index (χ2n) is 30.7. The Balaban J connectivity index is -0.000000143. The molecule has 0 bridgehead atoms. The summed E-state index contributed by atoms with van der Waals surface area (Å²) in [7, 11) is -25.0. The number of hydrogen-bond donors (Lipinski definition) is 0. The number of rotatable bonds is 22. The van der Waals surface area contributed by atoms with E-state index in [9.17, 15) is 0 Å². The molecule has 0 aromatic heterocycles. The second-order valence-corrected chi connectivity index (χ2v) is 93.8. The SMILES string of the molecule is CC.CC.CC.CC.CC.C[Si](C)(C)O[Si](C)(C)O[Si](C)(C)C.C[Si](C)(C)O[Si](C)(C)O[Si](C)(C)C.C[Si](C)(C)O[Si](C)(C)O[Si](C)(C)C.C[Si](C)(C)O[Si](C)(C)O[Si](C)(C)C.C[Si](C)(O[Si](C)(C)c1ccccc1)O[Si](C)(C)c1ccccc1. The highest BCUT2D eigenvalue weighted by Crippen LogP contribution is 2.25. The summed E-state index contributed by atoms with van der Waals surface area (Å²) in [5.41, 5.74) is 0. The van der Waals surface area contributed by atoms with Crippen LogP contribution >= 0.6 is 0 Å². The van der Waals surface area contributed by atoms with Gasteiger partial charge >= 0.3 is 42.8 Å². The molecule has 0 saturated heterocycles. The molecule has 25 heteroatoms. The van der Waals surface area contributed by atoms with E-state index < -0.39 is 126 Å². The van der Waals surface area contributed by atoms with Gasteiger partial charge in [-0.1, -0.05) is 130 Å². The van der Waals surface area contributed by atoms with Crippen LogP contribution in [0.4, 0.5) is 0 Å². The molecule has 10 nitrogen and oxygen atoms in total. The lowest BCUT2D eigenvalue weighted by molar-refractivity contribution is 0.394. The second kappa shape index (κ2) is 44.1. The van der Waals surface area contributed by atoms with Crippen molar-refractivity contribution >= 4 is 136 Å². The van der Waals surface area contributed by atoms with Crippen molar-refractivity contribution in [2.75, 3.05) is 0 Å². The molecule has 0 N–H and O–H groups in total. The molecule has 2 aromatic rings. The zero-order valence-electron chi connectivity index (χ0n) is 66.4. The summed E-state index contributed by atoms with van der Waals surface area (Å²) in [5.74, 6) is 0. The number of hydrogen-bond acceptors (Lipinski definition) is 10. The first-order chi connectivity index (χ1) is 37.3. The van der Waals surface area contributed by atoms with Crippen molar-refractivity contribution in [3.8, 4) is 0 Å². The molecular weight excluding hydrogens is 1300 g/mol. The fraction of sp³-hybridized carbons (Fsp3) is 0.800. The zero-order valence-corrected chi connectivity index (χ0v) is 81.4. The maximum Gasteiger partial charge on any atom is 0.311 e. The third kappa shape index (κ3) is 74.2. The van der Waals surface area contributed by atoms with Crippen molar-refractivity contribution in [2.45, 2.75) is 318 Å². The third-order valence-electron chi connectivity index (χ3n) is 8.36. The lowest BCUT2D eigenvalue weighted by Gasteiger charge is -2.39. The van der Waals surface area contributed by atoms with Crippen LogP contribution in [0.5, 0.6) is 0 Å².